The van der Waals surface area contributed by atoms with Crippen LogP contribution in [0.15, 0.2) is 66.7 Å². The Hall–Kier alpha value is -4.15. The number of fused-ring (bicyclic) bond motifs is 2. The van der Waals surface area contributed by atoms with Crippen LogP contribution in [-0.2, 0) is 6.54 Å². The smallest absolute Gasteiger partial charge is 0.254 e. The first-order chi connectivity index (χ1) is 16.7. The van der Waals surface area contributed by atoms with Gasteiger partial charge in [0.25, 0.3) is 5.95 Å². The lowest BCUT2D eigenvalue weighted by Gasteiger charge is -2.15. The molecule has 168 valence electrons. The third-order valence-electron chi connectivity index (χ3n) is 6.66. The fraction of sp³-hybridized carbons (Fsp3) is 0.222. The highest BCUT2D eigenvalue weighted by atomic mass is 15.3. The van der Waals surface area contributed by atoms with Crippen molar-refractivity contribution in [2.45, 2.75) is 25.8 Å². The summed E-state index contributed by atoms with van der Waals surface area (Å²) in [4.78, 5) is 4.99. The summed E-state index contributed by atoms with van der Waals surface area (Å²) >= 11 is 0. The van der Waals surface area contributed by atoms with E-state index < -0.39 is 0 Å². The highest BCUT2D eigenvalue weighted by Crippen LogP contribution is 2.30. The van der Waals surface area contributed by atoms with Gasteiger partial charge in [-0.1, -0.05) is 36.4 Å². The molecule has 2 aromatic carbocycles. The van der Waals surface area contributed by atoms with Crippen LogP contribution in [0.4, 0.5) is 5.82 Å². The minimum Gasteiger partial charge on any atom is -0.364 e. The molecular weight excluding hydrogens is 422 g/mol. The third kappa shape index (κ3) is 3.40. The zero-order valence-corrected chi connectivity index (χ0v) is 19.0. The van der Waals surface area contributed by atoms with Crippen LogP contribution in [0.25, 0.3) is 22.4 Å². The number of anilines is 1. The molecule has 0 aliphatic carbocycles. The standard InChI is InChI=1S/C27H25N7/c1-18-14-22-20(15-28)8-5-9-24(22)33(18)27-31-26(30-16-19-6-3-2-4-7-19)25-11-10-23(34(25)32-27)21-12-13-29-17-21/h2-11,14,21,29H,12-13,16-17H2,1H3,(H,30,31,32). The van der Waals surface area contributed by atoms with Crippen LogP contribution < -0.4 is 10.6 Å². The molecule has 0 radical (unpaired) electrons. The lowest BCUT2D eigenvalue weighted by atomic mass is 10.1. The van der Waals surface area contributed by atoms with Gasteiger partial charge in [-0.3, -0.25) is 4.57 Å². The molecule has 1 aliphatic heterocycles. The van der Waals surface area contributed by atoms with E-state index in [0.717, 1.165) is 47.4 Å². The molecule has 1 aliphatic rings. The Labute approximate surface area is 197 Å². The van der Waals surface area contributed by atoms with E-state index in [1.165, 1.54) is 11.3 Å². The van der Waals surface area contributed by atoms with Gasteiger partial charge in [-0.2, -0.15) is 10.2 Å². The number of aryl methyl sites for hydroxylation is 1. The molecule has 34 heavy (non-hydrogen) atoms. The normalized spacial score (nSPS) is 15.7. The summed E-state index contributed by atoms with van der Waals surface area (Å²) in [6.45, 7) is 4.67. The van der Waals surface area contributed by atoms with Crippen molar-refractivity contribution in [1.82, 2.24) is 24.5 Å². The van der Waals surface area contributed by atoms with Gasteiger partial charge in [0.1, 0.15) is 5.52 Å². The zero-order chi connectivity index (χ0) is 23.1. The number of nitrogens with one attached hydrogen (secondary N) is 2. The van der Waals surface area contributed by atoms with E-state index in [1.807, 2.05) is 58.5 Å². The maximum absolute atomic E-state index is 9.59. The molecule has 0 saturated carbocycles. The summed E-state index contributed by atoms with van der Waals surface area (Å²) in [6.07, 6.45) is 1.09. The average Bonchev–Trinajstić information content (AvgIpc) is 3.60. The molecule has 0 spiro atoms. The molecule has 7 heteroatoms. The Morgan fingerprint density at radius 2 is 1.97 bits per heavy atom. The lowest BCUT2D eigenvalue weighted by Crippen LogP contribution is -2.14. The van der Waals surface area contributed by atoms with Gasteiger partial charge in [-0.25, -0.2) is 4.52 Å². The van der Waals surface area contributed by atoms with E-state index in [1.54, 1.807) is 0 Å². The first-order valence-corrected chi connectivity index (χ1v) is 11.6. The third-order valence-corrected chi connectivity index (χ3v) is 6.66. The summed E-state index contributed by atoms with van der Waals surface area (Å²) in [7, 11) is 0. The summed E-state index contributed by atoms with van der Waals surface area (Å²) < 4.78 is 4.09. The molecule has 0 amide bonds. The van der Waals surface area contributed by atoms with Crippen molar-refractivity contribution in [3.63, 3.8) is 0 Å². The summed E-state index contributed by atoms with van der Waals surface area (Å²) in [5, 5.41) is 22.5. The van der Waals surface area contributed by atoms with E-state index in [0.29, 0.717) is 24.0 Å². The predicted molar refractivity (Wildman–Crippen MR) is 133 cm³/mol. The number of aromatic nitrogens is 4. The summed E-state index contributed by atoms with van der Waals surface area (Å²) in [5.74, 6) is 1.80. The van der Waals surface area contributed by atoms with Crippen molar-refractivity contribution in [3.8, 4) is 12.0 Å². The fourth-order valence-corrected chi connectivity index (χ4v) is 4.95. The lowest BCUT2D eigenvalue weighted by molar-refractivity contribution is 0.687. The Balaban J connectivity index is 1.53. The van der Waals surface area contributed by atoms with Gasteiger partial charge >= 0.3 is 0 Å². The van der Waals surface area contributed by atoms with Crippen LogP contribution in [0.5, 0.6) is 0 Å². The molecule has 6 rings (SSSR count). The second-order valence-corrected chi connectivity index (χ2v) is 8.82. The Morgan fingerprint density at radius 3 is 2.76 bits per heavy atom. The van der Waals surface area contributed by atoms with Gasteiger partial charge in [0.05, 0.1) is 17.1 Å². The molecule has 1 atom stereocenters. The molecule has 4 heterocycles. The molecule has 1 unspecified atom stereocenters. The predicted octanol–water partition coefficient (Wildman–Crippen LogP) is 4.54. The number of nitrogens with zero attached hydrogens (tertiary/aromatic N) is 5. The molecular formula is C27H25N7. The van der Waals surface area contributed by atoms with Crippen LogP contribution in [0.3, 0.4) is 0 Å². The molecule has 7 nitrogen and oxygen atoms in total. The second-order valence-electron chi connectivity index (χ2n) is 8.82. The quantitative estimate of drug-likeness (QED) is 0.413. The van der Waals surface area contributed by atoms with Gasteiger partial charge < -0.3 is 10.6 Å². The Bertz CT molecular complexity index is 1530. The first kappa shape index (κ1) is 20.5. The minimum absolute atomic E-state index is 0.417. The maximum Gasteiger partial charge on any atom is 0.254 e. The van der Waals surface area contributed by atoms with Crippen molar-refractivity contribution >= 4 is 22.2 Å². The van der Waals surface area contributed by atoms with Gasteiger partial charge in [-0.15, -0.1) is 5.10 Å². The summed E-state index contributed by atoms with van der Waals surface area (Å²) in [5.41, 5.74) is 5.92. The van der Waals surface area contributed by atoms with Crippen LogP contribution in [0.2, 0.25) is 0 Å². The zero-order valence-electron chi connectivity index (χ0n) is 19.0. The van der Waals surface area contributed by atoms with E-state index >= 15 is 0 Å². The van der Waals surface area contributed by atoms with Crippen LogP contribution in [-0.4, -0.2) is 32.3 Å². The van der Waals surface area contributed by atoms with Crippen LogP contribution >= 0.6 is 0 Å². The minimum atomic E-state index is 0.417. The molecule has 5 aromatic rings. The van der Waals surface area contributed by atoms with E-state index in [-0.39, 0.29) is 0 Å². The maximum atomic E-state index is 9.59. The molecule has 1 fully saturated rings. The fourth-order valence-electron chi connectivity index (χ4n) is 4.95. The highest BCUT2D eigenvalue weighted by Gasteiger charge is 2.23. The van der Waals surface area contributed by atoms with E-state index in [2.05, 4.69) is 41.0 Å². The second kappa shape index (κ2) is 8.32. The van der Waals surface area contributed by atoms with Crippen LogP contribution in [0.1, 0.15) is 34.9 Å². The van der Waals surface area contributed by atoms with Gasteiger partial charge in [0.15, 0.2) is 5.82 Å². The van der Waals surface area contributed by atoms with Gasteiger partial charge in [0.2, 0.25) is 0 Å². The van der Waals surface area contributed by atoms with Crippen molar-refractivity contribution in [3.05, 3.63) is 89.2 Å². The largest absolute Gasteiger partial charge is 0.364 e. The number of benzene rings is 2. The average molecular weight is 448 g/mol. The van der Waals surface area contributed by atoms with E-state index in [4.69, 9.17) is 10.1 Å². The number of rotatable bonds is 5. The molecule has 3 aromatic heterocycles. The Morgan fingerprint density at radius 1 is 1.09 bits per heavy atom. The van der Waals surface area contributed by atoms with Crippen molar-refractivity contribution in [1.29, 1.82) is 5.26 Å². The Kier molecular flexibility index (Phi) is 5.01. The van der Waals surface area contributed by atoms with Crippen LogP contribution in [0, 0.1) is 18.3 Å². The number of hydrogen-bond donors (Lipinski definition) is 2. The summed E-state index contributed by atoms with van der Waals surface area (Å²) in [6, 6.07) is 24.7. The van der Waals surface area contributed by atoms with E-state index in [9.17, 15) is 5.26 Å². The topological polar surface area (TPSA) is 83.0 Å². The first-order valence-electron chi connectivity index (χ1n) is 11.6. The monoisotopic (exact) mass is 447 g/mol. The number of hydrogen-bond acceptors (Lipinski definition) is 5. The molecule has 2 N–H and O–H groups in total. The van der Waals surface area contributed by atoms with Gasteiger partial charge in [0, 0.05) is 35.8 Å². The van der Waals surface area contributed by atoms with Crippen molar-refractivity contribution in [2.24, 2.45) is 0 Å². The van der Waals surface area contributed by atoms with Gasteiger partial charge in [-0.05, 0) is 55.8 Å². The number of nitriles is 1. The SMILES string of the molecule is Cc1cc2c(C#N)cccc2n1-c1nc(NCc2ccccc2)c2ccc(C3CCNC3)n2n1. The molecule has 0 bridgehead atoms. The van der Waals surface area contributed by atoms with Crippen molar-refractivity contribution in [2.75, 3.05) is 18.4 Å². The highest BCUT2D eigenvalue weighted by molar-refractivity contribution is 5.88. The molecule has 1 saturated heterocycles. The van der Waals surface area contributed by atoms with Crippen molar-refractivity contribution < 1.29 is 0 Å².